The molecule has 4 nitrogen and oxygen atoms in total. The summed E-state index contributed by atoms with van der Waals surface area (Å²) in [5, 5.41) is 3.03. The molecule has 0 spiro atoms. The summed E-state index contributed by atoms with van der Waals surface area (Å²) in [7, 11) is 5.85. The number of carbonyl (C=O) groups is 1. The van der Waals surface area contributed by atoms with Crippen molar-refractivity contribution in [3.05, 3.63) is 70.2 Å². The van der Waals surface area contributed by atoms with E-state index in [-0.39, 0.29) is 12.1 Å². The van der Waals surface area contributed by atoms with Gasteiger partial charge >= 0.3 is 6.03 Å². The van der Waals surface area contributed by atoms with E-state index in [0.717, 1.165) is 10.0 Å². The molecule has 0 aliphatic rings. The molecule has 0 heterocycles. The number of nitrogens with one attached hydrogen (secondary N) is 1. The Balaban J connectivity index is 1.94. The zero-order valence-electron chi connectivity index (χ0n) is 14.4. The van der Waals surface area contributed by atoms with Crippen molar-refractivity contribution in [2.75, 3.05) is 27.7 Å². The van der Waals surface area contributed by atoms with Gasteiger partial charge in [-0.1, -0.05) is 64.5 Å². The van der Waals surface area contributed by atoms with Crippen molar-refractivity contribution in [3.63, 3.8) is 0 Å². The molecule has 2 rings (SSSR count). The summed E-state index contributed by atoms with van der Waals surface area (Å²) in [6.45, 7) is 1.13. The second-order valence-electron chi connectivity index (χ2n) is 6.02. The van der Waals surface area contributed by atoms with Crippen molar-refractivity contribution >= 4 is 22.0 Å². The van der Waals surface area contributed by atoms with Gasteiger partial charge in [0.25, 0.3) is 0 Å². The SMILES string of the molecule is CN(Cc1ccccc1Br)C(=O)NCC(c1ccccc1)N(C)C. The highest BCUT2D eigenvalue weighted by Gasteiger charge is 2.17. The van der Waals surface area contributed by atoms with E-state index in [9.17, 15) is 4.79 Å². The van der Waals surface area contributed by atoms with Crippen LogP contribution in [0, 0.1) is 0 Å². The van der Waals surface area contributed by atoms with E-state index < -0.39 is 0 Å². The van der Waals surface area contributed by atoms with Crippen molar-refractivity contribution in [2.45, 2.75) is 12.6 Å². The van der Waals surface area contributed by atoms with Crippen molar-refractivity contribution in [1.82, 2.24) is 15.1 Å². The summed E-state index contributed by atoms with van der Waals surface area (Å²) in [4.78, 5) is 16.2. The molecule has 1 N–H and O–H groups in total. The van der Waals surface area contributed by atoms with Gasteiger partial charge < -0.3 is 15.1 Å². The third-order valence-electron chi connectivity index (χ3n) is 3.97. The molecule has 24 heavy (non-hydrogen) atoms. The quantitative estimate of drug-likeness (QED) is 0.812. The van der Waals surface area contributed by atoms with Gasteiger partial charge in [0.05, 0.1) is 6.04 Å². The summed E-state index contributed by atoms with van der Waals surface area (Å²) >= 11 is 3.52. The minimum atomic E-state index is -0.0754. The number of rotatable bonds is 6. The van der Waals surface area contributed by atoms with Crippen LogP contribution in [0.1, 0.15) is 17.2 Å². The molecule has 0 aliphatic carbocycles. The second-order valence-corrected chi connectivity index (χ2v) is 6.88. The zero-order chi connectivity index (χ0) is 17.5. The second kappa shape index (κ2) is 8.85. The Kier molecular flexibility index (Phi) is 6.82. The average molecular weight is 390 g/mol. The maximum Gasteiger partial charge on any atom is 0.317 e. The molecule has 0 aliphatic heterocycles. The molecule has 1 atom stereocenters. The van der Waals surface area contributed by atoms with Gasteiger partial charge in [-0.3, -0.25) is 0 Å². The molecule has 0 aromatic heterocycles. The molecular formula is C19H24BrN3O. The van der Waals surface area contributed by atoms with E-state index in [1.165, 1.54) is 5.56 Å². The molecule has 128 valence electrons. The molecular weight excluding hydrogens is 366 g/mol. The van der Waals surface area contributed by atoms with Crippen LogP contribution in [0.15, 0.2) is 59.1 Å². The standard InChI is InChI=1S/C19H24BrN3O/c1-22(2)18(15-9-5-4-6-10-15)13-21-19(24)23(3)14-16-11-7-8-12-17(16)20/h4-12,18H,13-14H2,1-3H3,(H,21,24). The molecule has 5 heteroatoms. The molecule has 0 fully saturated rings. The fraction of sp³-hybridized carbons (Fsp3) is 0.316. The van der Waals surface area contributed by atoms with Gasteiger partial charge in [-0.2, -0.15) is 0 Å². The lowest BCUT2D eigenvalue weighted by atomic mass is 10.1. The van der Waals surface area contributed by atoms with Crippen molar-refractivity contribution in [3.8, 4) is 0 Å². The van der Waals surface area contributed by atoms with E-state index in [1.54, 1.807) is 4.90 Å². The first-order chi connectivity index (χ1) is 11.5. The van der Waals surface area contributed by atoms with Crippen LogP contribution >= 0.6 is 15.9 Å². The monoisotopic (exact) mass is 389 g/mol. The number of urea groups is 1. The van der Waals surface area contributed by atoms with Crippen LogP contribution in [0.3, 0.4) is 0 Å². The number of halogens is 1. The molecule has 0 bridgehead atoms. The molecule has 0 radical (unpaired) electrons. The fourth-order valence-corrected chi connectivity index (χ4v) is 2.96. The number of amides is 2. The molecule has 0 saturated heterocycles. The summed E-state index contributed by atoms with van der Waals surface area (Å²) in [6, 6.07) is 18.2. The number of nitrogens with zero attached hydrogens (tertiary/aromatic N) is 2. The number of carbonyl (C=O) groups excluding carboxylic acids is 1. The molecule has 1 unspecified atom stereocenters. The van der Waals surface area contributed by atoms with Gasteiger partial charge in [0, 0.05) is 24.6 Å². The van der Waals surface area contributed by atoms with Crippen molar-refractivity contribution < 1.29 is 4.79 Å². The highest BCUT2D eigenvalue weighted by Crippen LogP contribution is 2.18. The third kappa shape index (κ3) is 5.08. The van der Waals surface area contributed by atoms with E-state index in [1.807, 2.05) is 63.6 Å². The minimum absolute atomic E-state index is 0.0754. The summed E-state index contributed by atoms with van der Waals surface area (Å²) < 4.78 is 1.01. The molecule has 0 saturated carbocycles. The lowest BCUT2D eigenvalue weighted by Crippen LogP contribution is -2.41. The van der Waals surface area contributed by atoms with E-state index in [4.69, 9.17) is 0 Å². The Bertz CT molecular complexity index is 661. The van der Waals surface area contributed by atoms with E-state index in [2.05, 4.69) is 38.3 Å². The van der Waals surface area contributed by atoms with Crippen LogP contribution in [0.2, 0.25) is 0 Å². The summed E-state index contributed by atoms with van der Waals surface area (Å²) in [5.41, 5.74) is 2.28. The zero-order valence-corrected chi connectivity index (χ0v) is 16.0. The van der Waals surface area contributed by atoms with Crippen molar-refractivity contribution in [2.24, 2.45) is 0 Å². The minimum Gasteiger partial charge on any atom is -0.336 e. The first-order valence-electron chi connectivity index (χ1n) is 7.92. The Morgan fingerprint density at radius 1 is 1.04 bits per heavy atom. The topological polar surface area (TPSA) is 35.6 Å². The number of hydrogen-bond acceptors (Lipinski definition) is 2. The van der Waals surface area contributed by atoms with E-state index in [0.29, 0.717) is 13.1 Å². The Morgan fingerprint density at radius 3 is 2.29 bits per heavy atom. The lowest BCUT2D eigenvalue weighted by molar-refractivity contribution is 0.200. The normalized spacial score (nSPS) is 12.0. The fourth-order valence-electron chi connectivity index (χ4n) is 2.55. The Hall–Kier alpha value is -1.85. The Labute approximate surface area is 152 Å². The third-order valence-corrected chi connectivity index (χ3v) is 4.74. The van der Waals surface area contributed by atoms with Gasteiger partial charge in [-0.25, -0.2) is 4.79 Å². The van der Waals surface area contributed by atoms with Gasteiger partial charge in [0.2, 0.25) is 0 Å². The number of benzene rings is 2. The van der Waals surface area contributed by atoms with Gasteiger partial charge in [-0.05, 0) is 31.3 Å². The maximum atomic E-state index is 12.4. The predicted octanol–water partition coefficient (Wildman–Crippen LogP) is 3.89. The van der Waals surface area contributed by atoms with Crippen LogP contribution in [0.25, 0.3) is 0 Å². The summed E-state index contributed by atoms with van der Waals surface area (Å²) in [5.74, 6) is 0. The molecule has 2 aromatic rings. The van der Waals surface area contributed by atoms with Crippen LogP contribution in [0.5, 0.6) is 0 Å². The number of hydrogen-bond donors (Lipinski definition) is 1. The van der Waals surface area contributed by atoms with Crippen LogP contribution in [-0.2, 0) is 6.54 Å². The van der Waals surface area contributed by atoms with Gasteiger partial charge in [0.15, 0.2) is 0 Å². The smallest absolute Gasteiger partial charge is 0.317 e. The van der Waals surface area contributed by atoms with Crippen LogP contribution in [0.4, 0.5) is 4.79 Å². The maximum absolute atomic E-state index is 12.4. The van der Waals surface area contributed by atoms with Gasteiger partial charge in [0.1, 0.15) is 0 Å². The Morgan fingerprint density at radius 2 is 1.67 bits per heavy atom. The average Bonchev–Trinajstić information content (AvgIpc) is 2.57. The molecule has 2 aromatic carbocycles. The predicted molar refractivity (Wildman–Crippen MR) is 102 cm³/mol. The first-order valence-corrected chi connectivity index (χ1v) is 8.72. The van der Waals surface area contributed by atoms with Gasteiger partial charge in [-0.15, -0.1) is 0 Å². The first kappa shape index (κ1) is 18.5. The highest BCUT2D eigenvalue weighted by atomic mass is 79.9. The summed E-state index contributed by atoms with van der Waals surface area (Å²) in [6.07, 6.45) is 0. The number of likely N-dealkylation sites (N-methyl/N-ethyl adjacent to an activating group) is 1. The van der Waals surface area contributed by atoms with E-state index >= 15 is 0 Å². The lowest BCUT2D eigenvalue weighted by Gasteiger charge is -2.26. The largest absolute Gasteiger partial charge is 0.336 e. The van der Waals surface area contributed by atoms with Crippen molar-refractivity contribution in [1.29, 1.82) is 0 Å². The van der Waals surface area contributed by atoms with Crippen LogP contribution < -0.4 is 5.32 Å². The van der Waals surface area contributed by atoms with Crippen LogP contribution in [-0.4, -0.2) is 43.5 Å². The highest BCUT2D eigenvalue weighted by molar-refractivity contribution is 9.10. The molecule has 2 amide bonds.